The number of hydrogen-bond acceptors (Lipinski definition) is 4. The Kier molecular flexibility index (Phi) is 9.53. The van der Waals surface area contributed by atoms with E-state index < -0.39 is 5.60 Å². The molecule has 1 aliphatic heterocycles. The molecule has 5 heteroatoms. The number of amides is 1. The van der Waals surface area contributed by atoms with E-state index in [1.54, 1.807) is 0 Å². The summed E-state index contributed by atoms with van der Waals surface area (Å²) in [6, 6.07) is 10.1. The molecule has 1 N–H and O–H groups in total. The van der Waals surface area contributed by atoms with Crippen LogP contribution in [0.2, 0.25) is 0 Å². The first-order valence-electron chi connectivity index (χ1n) is 9.17. The summed E-state index contributed by atoms with van der Waals surface area (Å²) in [7, 11) is 0. The maximum atomic E-state index is 11.9. The average Bonchev–Trinajstić information content (AvgIpc) is 2.99. The van der Waals surface area contributed by atoms with Gasteiger partial charge in [-0.15, -0.1) is 0 Å². The van der Waals surface area contributed by atoms with E-state index in [0.29, 0.717) is 19.8 Å². The first-order chi connectivity index (χ1) is 11.9. The maximum Gasteiger partial charge on any atom is 0.407 e. The molecule has 1 saturated heterocycles. The molecule has 142 valence electrons. The Bertz CT molecular complexity index is 484. The fourth-order valence-electron chi connectivity index (χ4n) is 2.52. The quantitative estimate of drug-likeness (QED) is 0.776. The summed E-state index contributed by atoms with van der Waals surface area (Å²) in [4.78, 5) is 11.9. The van der Waals surface area contributed by atoms with Gasteiger partial charge in [0.2, 0.25) is 0 Å². The Hall–Kier alpha value is -1.59. The van der Waals surface area contributed by atoms with Crippen LogP contribution in [0.15, 0.2) is 30.3 Å². The maximum absolute atomic E-state index is 11.9. The lowest BCUT2D eigenvalue weighted by atomic mass is 10.1. The van der Waals surface area contributed by atoms with E-state index in [2.05, 4.69) is 5.32 Å². The number of nitrogens with one attached hydrogen (secondary N) is 1. The van der Waals surface area contributed by atoms with Gasteiger partial charge >= 0.3 is 6.09 Å². The second-order valence-corrected chi connectivity index (χ2v) is 6.78. The second kappa shape index (κ2) is 11.1. The fraction of sp³-hybridized carbons (Fsp3) is 0.650. The molecule has 0 radical (unpaired) electrons. The standard InChI is InChI=1S/C18H27NO4.C2H6/c1-18(2,3)23-17(20)19-15-9-12-22-16(15)10-11-21-13-14-7-5-4-6-8-14;1-2/h4-8,15-16H,9-13H2,1-3H3,(H,19,20);1-2H3/t15-,16-;/m1./s1. The van der Waals surface area contributed by atoms with Crippen molar-refractivity contribution in [3.63, 3.8) is 0 Å². The number of benzene rings is 1. The lowest BCUT2D eigenvalue weighted by Gasteiger charge is -2.24. The zero-order valence-corrected chi connectivity index (χ0v) is 16.2. The van der Waals surface area contributed by atoms with Crippen LogP contribution >= 0.6 is 0 Å². The molecule has 2 atom stereocenters. The summed E-state index contributed by atoms with van der Waals surface area (Å²) < 4.78 is 16.7. The van der Waals surface area contributed by atoms with Gasteiger partial charge in [-0.2, -0.15) is 0 Å². The summed E-state index contributed by atoms with van der Waals surface area (Å²) in [6.45, 7) is 11.4. The monoisotopic (exact) mass is 351 g/mol. The number of ether oxygens (including phenoxy) is 3. The highest BCUT2D eigenvalue weighted by Gasteiger charge is 2.30. The van der Waals surface area contributed by atoms with Gasteiger partial charge in [-0.1, -0.05) is 44.2 Å². The number of alkyl carbamates (subject to hydrolysis) is 1. The van der Waals surface area contributed by atoms with E-state index in [1.807, 2.05) is 65.0 Å². The van der Waals surface area contributed by atoms with Gasteiger partial charge in [-0.05, 0) is 39.2 Å². The van der Waals surface area contributed by atoms with Crippen LogP contribution in [-0.2, 0) is 20.8 Å². The molecular formula is C20H33NO4. The van der Waals surface area contributed by atoms with Gasteiger partial charge in [0.15, 0.2) is 0 Å². The predicted octanol–water partition coefficient (Wildman–Crippen LogP) is 4.30. The smallest absolute Gasteiger partial charge is 0.407 e. The van der Waals surface area contributed by atoms with Crippen molar-refractivity contribution >= 4 is 6.09 Å². The highest BCUT2D eigenvalue weighted by Crippen LogP contribution is 2.18. The summed E-state index contributed by atoms with van der Waals surface area (Å²) in [5, 5.41) is 2.90. The zero-order chi connectivity index (χ0) is 18.7. The third-order valence-electron chi connectivity index (χ3n) is 3.57. The molecule has 0 spiro atoms. The lowest BCUT2D eigenvalue weighted by molar-refractivity contribution is 0.0327. The first kappa shape index (κ1) is 21.5. The molecule has 1 amide bonds. The summed E-state index contributed by atoms with van der Waals surface area (Å²) in [5.41, 5.74) is 0.668. The molecular weight excluding hydrogens is 318 g/mol. The number of carbonyl (C=O) groups is 1. The van der Waals surface area contributed by atoms with E-state index in [4.69, 9.17) is 14.2 Å². The van der Waals surface area contributed by atoms with Gasteiger partial charge in [0.25, 0.3) is 0 Å². The lowest BCUT2D eigenvalue weighted by Crippen LogP contribution is -2.43. The molecule has 1 aromatic carbocycles. The minimum atomic E-state index is -0.488. The third kappa shape index (κ3) is 8.89. The van der Waals surface area contributed by atoms with Crippen molar-refractivity contribution in [2.45, 2.75) is 71.8 Å². The second-order valence-electron chi connectivity index (χ2n) is 6.78. The van der Waals surface area contributed by atoms with Crippen LogP contribution in [0.4, 0.5) is 4.79 Å². The van der Waals surface area contributed by atoms with Gasteiger partial charge in [0.1, 0.15) is 5.60 Å². The molecule has 1 fully saturated rings. The Labute approximate surface area is 152 Å². The Balaban J connectivity index is 0.00000151. The summed E-state index contributed by atoms with van der Waals surface area (Å²) in [5.74, 6) is 0. The van der Waals surface area contributed by atoms with Crippen LogP contribution in [0, 0.1) is 0 Å². The SMILES string of the molecule is CC.CC(C)(C)OC(=O)N[C@@H]1CCO[C@@H]1CCOCc1ccccc1. The van der Waals surface area contributed by atoms with Crippen LogP contribution in [0.1, 0.15) is 53.0 Å². The minimum absolute atomic E-state index is 0.00910. The molecule has 0 bridgehead atoms. The van der Waals surface area contributed by atoms with Crippen molar-refractivity contribution in [1.29, 1.82) is 0 Å². The molecule has 0 unspecified atom stereocenters. The molecule has 2 rings (SSSR count). The molecule has 5 nitrogen and oxygen atoms in total. The minimum Gasteiger partial charge on any atom is -0.444 e. The number of carbonyl (C=O) groups excluding carboxylic acids is 1. The van der Waals surface area contributed by atoms with Gasteiger partial charge < -0.3 is 19.5 Å². The molecule has 1 aromatic rings. The summed E-state index contributed by atoms with van der Waals surface area (Å²) in [6.07, 6.45) is 1.16. The van der Waals surface area contributed by atoms with Gasteiger partial charge in [-0.25, -0.2) is 4.79 Å². The van der Waals surface area contributed by atoms with E-state index >= 15 is 0 Å². The van der Waals surface area contributed by atoms with Crippen LogP contribution in [-0.4, -0.2) is 37.1 Å². The molecule has 25 heavy (non-hydrogen) atoms. The highest BCUT2D eigenvalue weighted by atomic mass is 16.6. The Morgan fingerprint density at radius 1 is 1.24 bits per heavy atom. The summed E-state index contributed by atoms with van der Waals surface area (Å²) >= 11 is 0. The number of hydrogen-bond donors (Lipinski definition) is 1. The van der Waals surface area contributed by atoms with Gasteiger partial charge in [0.05, 0.1) is 18.8 Å². The van der Waals surface area contributed by atoms with Crippen LogP contribution < -0.4 is 5.32 Å². The first-order valence-corrected chi connectivity index (χ1v) is 9.17. The van der Waals surface area contributed by atoms with E-state index in [-0.39, 0.29) is 18.2 Å². The largest absolute Gasteiger partial charge is 0.444 e. The van der Waals surface area contributed by atoms with Crippen LogP contribution in [0.25, 0.3) is 0 Å². The van der Waals surface area contributed by atoms with E-state index in [0.717, 1.165) is 18.4 Å². The van der Waals surface area contributed by atoms with Crippen molar-refractivity contribution in [3.05, 3.63) is 35.9 Å². The molecule has 0 saturated carbocycles. The molecule has 1 aliphatic rings. The van der Waals surface area contributed by atoms with Crippen molar-refractivity contribution in [3.8, 4) is 0 Å². The topological polar surface area (TPSA) is 56.8 Å². The average molecular weight is 351 g/mol. The van der Waals surface area contributed by atoms with Crippen molar-refractivity contribution in [1.82, 2.24) is 5.32 Å². The third-order valence-corrected chi connectivity index (χ3v) is 3.57. The van der Waals surface area contributed by atoms with Gasteiger partial charge in [-0.3, -0.25) is 0 Å². The van der Waals surface area contributed by atoms with Crippen LogP contribution in [0.5, 0.6) is 0 Å². The fourth-order valence-corrected chi connectivity index (χ4v) is 2.52. The van der Waals surface area contributed by atoms with Gasteiger partial charge in [0, 0.05) is 13.2 Å². The van der Waals surface area contributed by atoms with E-state index in [1.165, 1.54) is 0 Å². The van der Waals surface area contributed by atoms with Crippen molar-refractivity contribution in [2.75, 3.05) is 13.2 Å². The zero-order valence-electron chi connectivity index (χ0n) is 16.2. The Morgan fingerprint density at radius 2 is 1.92 bits per heavy atom. The van der Waals surface area contributed by atoms with E-state index in [9.17, 15) is 4.79 Å². The van der Waals surface area contributed by atoms with Crippen LogP contribution in [0.3, 0.4) is 0 Å². The Morgan fingerprint density at radius 3 is 2.56 bits per heavy atom. The molecule has 0 aliphatic carbocycles. The number of rotatable bonds is 6. The predicted molar refractivity (Wildman–Crippen MR) is 99.6 cm³/mol. The highest BCUT2D eigenvalue weighted by molar-refractivity contribution is 5.68. The molecule has 0 aromatic heterocycles. The van der Waals surface area contributed by atoms with Crippen molar-refractivity contribution < 1.29 is 19.0 Å². The molecule has 1 heterocycles. The normalized spacial score (nSPS) is 19.7. The van der Waals surface area contributed by atoms with Crippen molar-refractivity contribution in [2.24, 2.45) is 0 Å².